The molecule has 0 fully saturated rings. The van der Waals surface area contributed by atoms with Gasteiger partial charge in [-0.1, -0.05) is 71.8 Å². The number of halogens is 1. The zero-order valence-corrected chi connectivity index (χ0v) is 21.8. The Morgan fingerprint density at radius 2 is 1.63 bits per heavy atom. The fraction of sp³-hybridized carbons (Fsp3) is 0.167. The predicted octanol–water partition coefficient (Wildman–Crippen LogP) is 5.82. The van der Waals surface area contributed by atoms with Crippen LogP contribution in [0.1, 0.15) is 49.0 Å². The molecule has 192 valence electrons. The van der Waals surface area contributed by atoms with Crippen LogP contribution in [0.25, 0.3) is 11.3 Å². The molecule has 1 unspecified atom stereocenters. The maximum Gasteiger partial charge on any atom is 0.355 e. The van der Waals surface area contributed by atoms with Gasteiger partial charge in [0.25, 0.3) is 0 Å². The number of nitrogens with one attached hydrogen (secondary N) is 1. The van der Waals surface area contributed by atoms with E-state index in [1.165, 1.54) is 14.2 Å². The summed E-state index contributed by atoms with van der Waals surface area (Å²) in [4.78, 5) is 40.3. The van der Waals surface area contributed by atoms with Gasteiger partial charge in [0.15, 0.2) is 0 Å². The highest BCUT2D eigenvalue weighted by molar-refractivity contribution is 6.30. The molecule has 7 nitrogen and oxygen atoms in total. The number of fused-ring (bicyclic) bond motifs is 1. The van der Waals surface area contributed by atoms with E-state index in [1.54, 1.807) is 28.8 Å². The first-order chi connectivity index (χ1) is 18.3. The highest BCUT2D eigenvalue weighted by Gasteiger charge is 2.42. The Morgan fingerprint density at radius 3 is 2.29 bits per heavy atom. The lowest BCUT2D eigenvalue weighted by Crippen LogP contribution is -2.19. The molecule has 3 aromatic carbocycles. The molecule has 2 heterocycles. The summed E-state index contributed by atoms with van der Waals surface area (Å²) >= 11 is 6.21. The third-order valence-electron chi connectivity index (χ3n) is 6.70. The number of methoxy groups -OCH3 is 2. The molecule has 4 aromatic rings. The molecule has 0 radical (unpaired) electrons. The molecular formula is C30H25ClN2O5. The summed E-state index contributed by atoms with van der Waals surface area (Å²) < 4.78 is 12.1. The number of benzene rings is 3. The number of rotatable bonds is 6. The summed E-state index contributed by atoms with van der Waals surface area (Å²) in [6, 6.07) is 22.2. The second-order valence-corrected chi connectivity index (χ2v) is 9.50. The Labute approximate surface area is 225 Å². The predicted molar refractivity (Wildman–Crippen MR) is 145 cm³/mol. The van der Waals surface area contributed by atoms with E-state index in [0.717, 1.165) is 11.1 Å². The van der Waals surface area contributed by atoms with E-state index in [-0.39, 0.29) is 23.7 Å². The number of hydrogen-bond acceptors (Lipinski definition) is 5. The van der Waals surface area contributed by atoms with Crippen molar-refractivity contribution in [2.45, 2.75) is 19.4 Å². The van der Waals surface area contributed by atoms with Gasteiger partial charge in [0, 0.05) is 22.8 Å². The number of ether oxygens (including phenoxy) is 2. The Hall–Kier alpha value is -4.36. The van der Waals surface area contributed by atoms with Crippen LogP contribution in [0.15, 0.2) is 72.8 Å². The number of carbonyl (C=O) groups is 3. The summed E-state index contributed by atoms with van der Waals surface area (Å²) in [6.07, 6.45) is 0. The van der Waals surface area contributed by atoms with Gasteiger partial charge in [-0.15, -0.1) is 0 Å². The highest BCUT2D eigenvalue weighted by atomic mass is 35.5. The fourth-order valence-corrected chi connectivity index (χ4v) is 5.17. The smallest absolute Gasteiger partial charge is 0.355 e. The van der Waals surface area contributed by atoms with Crippen molar-refractivity contribution in [3.8, 4) is 11.3 Å². The van der Waals surface area contributed by atoms with Gasteiger partial charge in [-0.2, -0.15) is 0 Å². The number of anilines is 1. The zero-order valence-electron chi connectivity index (χ0n) is 21.1. The van der Waals surface area contributed by atoms with Crippen molar-refractivity contribution in [1.82, 2.24) is 4.57 Å². The third-order valence-corrected chi connectivity index (χ3v) is 6.95. The maximum absolute atomic E-state index is 13.6. The van der Waals surface area contributed by atoms with E-state index in [9.17, 15) is 14.4 Å². The Bertz CT molecular complexity index is 1560. The molecule has 1 N–H and O–H groups in total. The van der Waals surface area contributed by atoms with Gasteiger partial charge in [0.05, 0.1) is 31.4 Å². The lowest BCUT2D eigenvalue weighted by Gasteiger charge is -2.17. The van der Waals surface area contributed by atoms with Crippen molar-refractivity contribution < 1.29 is 23.9 Å². The molecule has 38 heavy (non-hydrogen) atoms. The number of esters is 2. The van der Waals surface area contributed by atoms with Crippen molar-refractivity contribution in [3.05, 3.63) is 111 Å². The molecule has 1 atom stereocenters. The van der Waals surface area contributed by atoms with Crippen LogP contribution in [-0.2, 0) is 20.8 Å². The molecule has 1 amide bonds. The second kappa shape index (κ2) is 10.2. The maximum atomic E-state index is 13.6. The minimum absolute atomic E-state index is 0.00487. The van der Waals surface area contributed by atoms with Crippen LogP contribution >= 0.6 is 11.6 Å². The molecule has 0 aliphatic carbocycles. The van der Waals surface area contributed by atoms with Gasteiger partial charge in [0.1, 0.15) is 5.69 Å². The molecule has 0 bridgehead atoms. The van der Waals surface area contributed by atoms with Gasteiger partial charge < -0.3 is 19.4 Å². The number of aryl methyl sites for hydroxylation is 1. The molecule has 8 heteroatoms. The quantitative estimate of drug-likeness (QED) is 0.318. The normalized spacial score (nSPS) is 14.1. The van der Waals surface area contributed by atoms with Crippen LogP contribution in [0.3, 0.4) is 0 Å². The van der Waals surface area contributed by atoms with Crippen molar-refractivity contribution in [2.75, 3.05) is 19.5 Å². The molecule has 1 aliphatic rings. The van der Waals surface area contributed by atoms with Crippen LogP contribution < -0.4 is 5.32 Å². The topological polar surface area (TPSA) is 86.6 Å². The average molecular weight is 529 g/mol. The SMILES string of the molecule is COC(=O)c1c(C2C(=O)Nc3ccc(C)cc32)c(-c2ccc(Cl)cc2)n(Cc2ccccc2)c1C(=O)OC. The Morgan fingerprint density at radius 1 is 0.947 bits per heavy atom. The van der Waals surface area contributed by atoms with Crippen molar-refractivity contribution in [1.29, 1.82) is 0 Å². The van der Waals surface area contributed by atoms with Crippen molar-refractivity contribution >= 4 is 35.1 Å². The first-order valence-corrected chi connectivity index (χ1v) is 12.4. The lowest BCUT2D eigenvalue weighted by atomic mass is 9.87. The van der Waals surface area contributed by atoms with E-state index in [0.29, 0.717) is 33.1 Å². The summed E-state index contributed by atoms with van der Waals surface area (Å²) in [5, 5.41) is 3.45. The van der Waals surface area contributed by atoms with Crippen molar-refractivity contribution in [3.63, 3.8) is 0 Å². The van der Waals surface area contributed by atoms with Crippen LogP contribution in [0.4, 0.5) is 5.69 Å². The number of nitrogens with zero attached hydrogens (tertiary/aromatic N) is 1. The molecule has 0 saturated carbocycles. The van der Waals surface area contributed by atoms with Crippen LogP contribution in [0.5, 0.6) is 0 Å². The van der Waals surface area contributed by atoms with E-state index in [2.05, 4.69) is 5.32 Å². The van der Waals surface area contributed by atoms with E-state index < -0.39 is 17.9 Å². The van der Waals surface area contributed by atoms with Gasteiger partial charge in [-0.05, 0) is 41.8 Å². The standard InChI is InChI=1S/C30H25ClN2O5/c1-17-9-14-22-21(15-17)23(28(34)32-22)24-25(29(35)37-2)27(30(36)38-3)33(16-18-7-5-4-6-8-18)26(24)19-10-12-20(31)13-11-19/h4-15,23H,16H2,1-3H3,(H,32,34). The lowest BCUT2D eigenvalue weighted by molar-refractivity contribution is -0.116. The molecule has 0 saturated heterocycles. The first kappa shape index (κ1) is 25.3. The van der Waals surface area contributed by atoms with E-state index in [4.69, 9.17) is 21.1 Å². The minimum Gasteiger partial charge on any atom is -0.465 e. The van der Waals surface area contributed by atoms with Gasteiger partial charge in [-0.25, -0.2) is 9.59 Å². The van der Waals surface area contributed by atoms with Crippen LogP contribution in [0, 0.1) is 6.92 Å². The minimum atomic E-state index is -0.870. The van der Waals surface area contributed by atoms with Gasteiger partial charge >= 0.3 is 11.9 Å². The van der Waals surface area contributed by atoms with Crippen LogP contribution in [0.2, 0.25) is 5.02 Å². The summed E-state index contributed by atoms with van der Waals surface area (Å²) in [5.41, 5.74) is 4.79. The summed E-state index contributed by atoms with van der Waals surface area (Å²) in [6.45, 7) is 2.17. The highest BCUT2D eigenvalue weighted by Crippen LogP contribution is 2.46. The molecule has 5 rings (SSSR count). The van der Waals surface area contributed by atoms with Crippen LogP contribution in [-0.4, -0.2) is 36.6 Å². The molecule has 1 aliphatic heterocycles. The Kier molecular flexibility index (Phi) is 6.78. The van der Waals surface area contributed by atoms with Gasteiger partial charge in [-0.3, -0.25) is 4.79 Å². The number of aromatic nitrogens is 1. The fourth-order valence-electron chi connectivity index (χ4n) is 5.05. The number of amides is 1. The van der Waals surface area contributed by atoms with E-state index in [1.807, 2.05) is 55.5 Å². The zero-order chi connectivity index (χ0) is 27.0. The second-order valence-electron chi connectivity index (χ2n) is 9.06. The van der Waals surface area contributed by atoms with Crippen molar-refractivity contribution in [2.24, 2.45) is 0 Å². The molecule has 1 aromatic heterocycles. The molecular weight excluding hydrogens is 504 g/mol. The third kappa shape index (κ3) is 4.35. The monoisotopic (exact) mass is 528 g/mol. The van der Waals surface area contributed by atoms with Gasteiger partial charge in [0.2, 0.25) is 5.91 Å². The Balaban J connectivity index is 1.92. The summed E-state index contributed by atoms with van der Waals surface area (Å²) in [7, 11) is 2.50. The largest absolute Gasteiger partial charge is 0.465 e. The van der Waals surface area contributed by atoms with E-state index >= 15 is 0 Å². The molecule has 0 spiro atoms. The number of carbonyl (C=O) groups excluding carboxylic acids is 3. The number of hydrogen-bond donors (Lipinski definition) is 1. The average Bonchev–Trinajstić information content (AvgIpc) is 3.41. The summed E-state index contributed by atoms with van der Waals surface area (Å²) in [5.74, 6) is -2.63. The first-order valence-electron chi connectivity index (χ1n) is 12.0.